The average Bonchev–Trinajstić information content (AvgIpc) is 2.63. The van der Waals surface area contributed by atoms with Gasteiger partial charge in [0.2, 0.25) is 5.91 Å². The van der Waals surface area contributed by atoms with E-state index in [4.69, 9.17) is 8.92 Å². The Kier molecular flexibility index (Phi) is 9.06. The molecule has 2 N–H and O–H groups in total. The number of esters is 1. The highest BCUT2D eigenvalue weighted by Gasteiger charge is 2.37. The molecule has 1 rings (SSSR count). The summed E-state index contributed by atoms with van der Waals surface area (Å²) in [5, 5.41) is 12.8. The molecular weight excluding hydrogens is 386 g/mol. The molecule has 0 aliphatic heterocycles. The predicted octanol–water partition coefficient (Wildman–Crippen LogP) is 1.55. The maximum atomic E-state index is 12.3. The van der Waals surface area contributed by atoms with Crippen LogP contribution in [0.25, 0.3) is 0 Å². The maximum absolute atomic E-state index is 12.3. The molecule has 1 amide bonds. The van der Waals surface area contributed by atoms with E-state index in [1.165, 1.54) is 20.8 Å². The highest BCUT2D eigenvalue weighted by Crippen LogP contribution is 2.26. The standard InChI is InChI=1S/C19H29NO7S/c1-14(16-9-6-5-7-10-16)27-18(23)17(22)19(3,4)13-26-28(24,25)12-8-11-20-15(2)21/h5-7,9-10,14,17,22H,8,11-13H2,1-4H3,(H,20,21)/t14-,17-/m0/s1. The Morgan fingerprint density at radius 1 is 1.21 bits per heavy atom. The highest BCUT2D eigenvalue weighted by molar-refractivity contribution is 7.86. The molecule has 0 saturated heterocycles. The summed E-state index contributed by atoms with van der Waals surface area (Å²) in [7, 11) is -3.85. The molecule has 0 saturated carbocycles. The van der Waals surface area contributed by atoms with Gasteiger partial charge >= 0.3 is 5.97 Å². The van der Waals surface area contributed by atoms with Crippen LogP contribution in [-0.4, -0.2) is 50.4 Å². The highest BCUT2D eigenvalue weighted by atomic mass is 32.2. The molecule has 0 aliphatic carbocycles. The molecule has 158 valence electrons. The zero-order valence-corrected chi connectivity index (χ0v) is 17.5. The van der Waals surface area contributed by atoms with Crippen molar-refractivity contribution in [2.45, 2.75) is 46.3 Å². The number of hydrogen-bond acceptors (Lipinski definition) is 7. The second-order valence-electron chi connectivity index (χ2n) is 7.24. The first-order valence-electron chi connectivity index (χ1n) is 8.99. The summed E-state index contributed by atoms with van der Waals surface area (Å²) >= 11 is 0. The number of carbonyl (C=O) groups is 2. The van der Waals surface area contributed by atoms with Crippen LogP contribution in [-0.2, 0) is 28.6 Å². The molecule has 28 heavy (non-hydrogen) atoms. The molecule has 0 bridgehead atoms. The van der Waals surface area contributed by atoms with Gasteiger partial charge in [0.15, 0.2) is 6.10 Å². The van der Waals surface area contributed by atoms with Gasteiger partial charge in [0, 0.05) is 18.9 Å². The molecule has 0 radical (unpaired) electrons. The van der Waals surface area contributed by atoms with Crippen LogP contribution in [0, 0.1) is 5.41 Å². The van der Waals surface area contributed by atoms with Crippen molar-refractivity contribution in [2.75, 3.05) is 18.9 Å². The SMILES string of the molecule is CC(=O)NCCCS(=O)(=O)OCC(C)(C)[C@@H](O)C(=O)O[C@@H](C)c1ccccc1. The summed E-state index contributed by atoms with van der Waals surface area (Å²) in [6.07, 6.45) is -1.92. The van der Waals surface area contributed by atoms with Gasteiger partial charge in [0.1, 0.15) is 6.10 Å². The molecule has 8 nitrogen and oxygen atoms in total. The zero-order chi connectivity index (χ0) is 21.4. The van der Waals surface area contributed by atoms with Gasteiger partial charge in [-0.1, -0.05) is 44.2 Å². The van der Waals surface area contributed by atoms with E-state index in [-0.39, 0.29) is 31.2 Å². The lowest BCUT2D eigenvalue weighted by Gasteiger charge is -2.29. The summed E-state index contributed by atoms with van der Waals surface area (Å²) in [6, 6.07) is 9.05. The molecule has 0 heterocycles. The van der Waals surface area contributed by atoms with Crippen LogP contribution in [0.5, 0.6) is 0 Å². The summed E-state index contributed by atoms with van der Waals surface area (Å²) in [5.41, 5.74) is -0.406. The number of amides is 1. The largest absolute Gasteiger partial charge is 0.456 e. The third kappa shape index (κ3) is 8.37. The van der Waals surface area contributed by atoms with Crippen LogP contribution < -0.4 is 5.32 Å². The molecule has 0 aliphatic rings. The number of benzene rings is 1. The molecule has 9 heteroatoms. The fraction of sp³-hybridized carbons (Fsp3) is 0.579. The lowest BCUT2D eigenvalue weighted by Crippen LogP contribution is -2.41. The first-order chi connectivity index (χ1) is 12.9. The van der Waals surface area contributed by atoms with Gasteiger partial charge in [-0.2, -0.15) is 8.42 Å². The molecule has 0 fully saturated rings. The van der Waals surface area contributed by atoms with Gasteiger partial charge in [0.25, 0.3) is 10.1 Å². The topological polar surface area (TPSA) is 119 Å². The van der Waals surface area contributed by atoms with Crippen LogP contribution in [0.15, 0.2) is 30.3 Å². The smallest absolute Gasteiger partial charge is 0.336 e. The molecule has 0 aromatic heterocycles. The normalized spacial score (nSPS) is 14.2. The van der Waals surface area contributed by atoms with E-state index in [1.807, 2.05) is 18.2 Å². The van der Waals surface area contributed by atoms with Crippen LogP contribution in [0.1, 0.15) is 45.8 Å². The van der Waals surface area contributed by atoms with Crippen LogP contribution in [0.2, 0.25) is 0 Å². The fourth-order valence-corrected chi connectivity index (χ4v) is 3.34. The van der Waals surface area contributed by atoms with E-state index >= 15 is 0 Å². The average molecular weight is 416 g/mol. The Morgan fingerprint density at radius 2 is 1.82 bits per heavy atom. The zero-order valence-electron chi connectivity index (χ0n) is 16.7. The van der Waals surface area contributed by atoms with Crippen LogP contribution >= 0.6 is 0 Å². The number of ether oxygens (including phenoxy) is 1. The molecule has 0 unspecified atom stereocenters. The van der Waals surface area contributed by atoms with Gasteiger partial charge < -0.3 is 15.2 Å². The lowest BCUT2D eigenvalue weighted by molar-refractivity contribution is -0.166. The minimum Gasteiger partial charge on any atom is -0.456 e. The van der Waals surface area contributed by atoms with Gasteiger partial charge in [-0.3, -0.25) is 8.98 Å². The number of aliphatic hydroxyl groups is 1. The lowest BCUT2D eigenvalue weighted by atomic mass is 9.87. The van der Waals surface area contributed by atoms with Crippen molar-refractivity contribution in [1.29, 1.82) is 0 Å². The van der Waals surface area contributed by atoms with Crippen LogP contribution in [0.4, 0.5) is 0 Å². The quantitative estimate of drug-likeness (QED) is 0.320. The summed E-state index contributed by atoms with van der Waals surface area (Å²) in [6.45, 7) is 5.88. The Hall–Kier alpha value is -1.97. The van der Waals surface area contributed by atoms with Crippen molar-refractivity contribution in [3.05, 3.63) is 35.9 Å². The predicted molar refractivity (Wildman–Crippen MR) is 104 cm³/mol. The van der Waals surface area contributed by atoms with E-state index in [0.29, 0.717) is 0 Å². The minimum atomic E-state index is -3.85. The van der Waals surface area contributed by atoms with Crippen molar-refractivity contribution >= 4 is 22.0 Å². The Bertz CT molecular complexity index is 747. The molecule has 1 aromatic rings. The molecule has 0 spiro atoms. The summed E-state index contributed by atoms with van der Waals surface area (Å²) in [4.78, 5) is 23.0. The molecule has 2 atom stereocenters. The monoisotopic (exact) mass is 415 g/mol. The summed E-state index contributed by atoms with van der Waals surface area (Å²) in [5.74, 6) is -1.38. The van der Waals surface area contributed by atoms with Crippen LogP contribution in [0.3, 0.4) is 0 Å². The second-order valence-corrected chi connectivity index (χ2v) is 9.00. The molecular formula is C19H29NO7S. The Labute approximate surface area is 166 Å². The van der Waals surface area contributed by atoms with E-state index < -0.39 is 33.7 Å². The van der Waals surface area contributed by atoms with E-state index in [9.17, 15) is 23.1 Å². The number of carbonyl (C=O) groups excluding carboxylic acids is 2. The number of aliphatic hydroxyl groups excluding tert-OH is 1. The number of hydrogen-bond donors (Lipinski definition) is 2. The first kappa shape index (κ1) is 24.1. The van der Waals surface area contributed by atoms with Crippen molar-refractivity contribution < 1.29 is 32.0 Å². The van der Waals surface area contributed by atoms with Gasteiger partial charge in [-0.25, -0.2) is 4.79 Å². The van der Waals surface area contributed by atoms with Gasteiger partial charge in [0.05, 0.1) is 12.4 Å². The van der Waals surface area contributed by atoms with E-state index in [1.54, 1.807) is 19.1 Å². The number of rotatable bonds is 11. The van der Waals surface area contributed by atoms with E-state index in [0.717, 1.165) is 5.56 Å². The van der Waals surface area contributed by atoms with Crippen molar-refractivity contribution in [3.63, 3.8) is 0 Å². The first-order valence-corrected chi connectivity index (χ1v) is 10.6. The number of nitrogens with one attached hydrogen (secondary N) is 1. The fourth-order valence-electron chi connectivity index (χ4n) is 2.24. The van der Waals surface area contributed by atoms with Crippen molar-refractivity contribution in [3.8, 4) is 0 Å². The van der Waals surface area contributed by atoms with Crippen molar-refractivity contribution in [2.24, 2.45) is 5.41 Å². The summed E-state index contributed by atoms with van der Waals surface area (Å²) < 4.78 is 34.1. The Balaban J connectivity index is 2.55. The van der Waals surface area contributed by atoms with Gasteiger partial charge in [-0.15, -0.1) is 0 Å². The molecule has 1 aromatic carbocycles. The van der Waals surface area contributed by atoms with E-state index in [2.05, 4.69) is 5.32 Å². The third-order valence-corrected chi connectivity index (χ3v) is 5.35. The van der Waals surface area contributed by atoms with Gasteiger partial charge in [-0.05, 0) is 18.9 Å². The Morgan fingerprint density at radius 3 is 2.39 bits per heavy atom. The van der Waals surface area contributed by atoms with Crippen molar-refractivity contribution in [1.82, 2.24) is 5.32 Å². The third-order valence-electron chi connectivity index (χ3n) is 4.08. The minimum absolute atomic E-state index is 0.196. The maximum Gasteiger partial charge on any atom is 0.336 e. The second kappa shape index (κ2) is 10.5.